The minimum Gasteiger partial charge on any atom is -0.461 e. The molecule has 1 atom stereocenters. The number of nitrogens with two attached hydrogens (primary N) is 1. The van der Waals surface area contributed by atoms with E-state index in [0.717, 1.165) is 10.6 Å². The zero-order valence-electron chi connectivity index (χ0n) is 16.7. The first-order valence-corrected chi connectivity index (χ1v) is 10.5. The molecule has 0 bridgehead atoms. The van der Waals surface area contributed by atoms with Crippen molar-refractivity contribution < 1.29 is 23.9 Å². The fourth-order valence-corrected chi connectivity index (χ4v) is 2.91. The summed E-state index contributed by atoms with van der Waals surface area (Å²) in [6, 6.07) is 9.24. The summed E-state index contributed by atoms with van der Waals surface area (Å²) in [7, 11) is 0. The van der Waals surface area contributed by atoms with Gasteiger partial charge in [-0.1, -0.05) is 60.1 Å². The lowest BCUT2D eigenvalue weighted by atomic mass is 9.93. The maximum absolute atomic E-state index is 12.7. The van der Waals surface area contributed by atoms with E-state index in [2.05, 4.69) is 21.4 Å². The smallest absolute Gasteiger partial charge is 0.306 e. The number of nitrogens with one attached hydrogen (secondary N) is 1. The van der Waals surface area contributed by atoms with Crippen molar-refractivity contribution >= 4 is 39.6 Å². The Balaban J connectivity index is 2.72. The Bertz CT molecular complexity index is 697. The highest BCUT2D eigenvalue weighted by Gasteiger charge is 2.26. The summed E-state index contributed by atoms with van der Waals surface area (Å²) in [5, 5.41) is 1.02. The predicted molar refractivity (Wildman–Crippen MR) is 111 cm³/mol. The number of alkyl halides is 1. The largest absolute Gasteiger partial charge is 0.461 e. The number of nitrogens with zero attached hydrogens (tertiary/aromatic N) is 1. The maximum atomic E-state index is 12.7. The van der Waals surface area contributed by atoms with Crippen molar-refractivity contribution in [1.82, 2.24) is 10.4 Å². The molecular formula is C20H28BrN3O5. The van der Waals surface area contributed by atoms with Crippen LogP contribution in [-0.2, 0) is 30.5 Å². The Morgan fingerprint density at radius 1 is 1.17 bits per heavy atom. The van der Waals surface area contributed by atoms with Gasteiger partial charge in [-0.05, 0) is 17.9 Å². The topological polar surface area (TPSA) is 119 Å². The monoisotopic (exact) mass is 469 g/mol. The normalized spacial score (nSPS) is 11.6. The van der Waals surface area contributed by atoms with Crippen LogP contribution < -0.4 is 11.2 Å². The number of rotatable bonds is 11. The predicted octanol–water partition coefficient (Wildman–Crippen LogP) is 1.91. The van der Waals surface area contributed by atoms with Gasteiger partial charge < -0.3 is 10.5 Å². The molecule has 0 radical (unpaired) electrons. The standard InChI is InChI=1S/C20H28BrN3O5/c1-14(2)10-16(11-19(27)29-13-15-6-4-3-5-7-15)20(28)23-24(18(26)12-21)9-8-17(22)25/h3-7,14,16H,8-13H2,1-2H3,(H2,22,25)(H,23,28)/t16-/m1/s1. The molecule has 1 aromatic carbocycles. The van der Waals surface area contributed by atoms with E-state index in [1.165, 1.54) is 0 Å². The van der Waals surface area contributed by atoms with Crippen molar-refractivity contribution in [3.05, 3.63) is 35.9 Å². The highest BCUT2D eigenvalue weighted by atomic mass is 79.9. The Morgan fingerprint density at radius 3 is 2.38 bits per heavy atom. The van der Waals surface area contributed by atoms with Gasteiger partial charge in [0, 0.05) is 6.42 Å². The van der Waals surface area contributed by atoms with E-state index >= 15 is 0 Å². The lowest BCUT2D eigenvalue weighted by Crippen LogP contribution is -2.50. The van der Waals surface area contributed by atoms with Crippen LogP contribution in [0.3, 0.4) is 0 Å². The quantitative estimate of drug-likeness (QED) is 0.291. The first kappa shape index (κ1) is 24.6. The Hall–Kier alpha value is -2.42. The number of amides is 3. The van der Waals surface area contributed by atoms with Crippen molar-refractivity contribution in [3.63, 3.8) is 0 Å². The fraction of sp³-hybridized carbons (Fsp3) is 0.500. The first-order valence-electron chi connectivity index (χ1n) is 9.37. The molecule has 0 aliphatic rings. The molecule has 8 nitrogen and oxygen atoms in total. The second-order valence-electron chi connectivity index (χ2n) is 7.05. The molecule has 9 heteroatoms. The average Bonchev–Trinajstić information content (AvgIpc) is 2.68. The number of benzene rings is 1. The molecule has 3 amide bonds. The SMILES string of the molecule is CC(C)C[C@H](CC(=O)OCc1ccccc1)C(=O)NN(CCC(N)=O)C(=O)CBr. The molecule has 0 heterocycles. The van der Waals surface area contributed by atoms with Gasteiger partial charge in [0.1, 0.15) is 6.61 Å². The molecule has 1 rings (SSSR count). The lowest BCUT2D eigenvalue weighted by molar-refractivity contribution is -0.150. The van der Waals surface area contributed by atoms with Gasteiger partial charge in [-0.15, -0.1) is 0 Å². The number of ether oxygens (including phenoxy) is 1. The summed E-state index contributed by atoms with van der Waals surface area (Å²) >= 11 is 3.04. The van der Waals surface area contributed by atoms with Gasteiger partial charge in [-0.3, -0.25) is 29.6 Å². The number of hydrazine groups is 1. The second kappa shape index (κ2) is 12.9. The van der Waals surface area contributed by atoms with Crippen LogP contribution in [0.25, 0.3) is 0 Å². The van der Waals surface area contributed by atoms with Crippen molar-refractivity contribution in [2.45, 2.75) is 39.7 Å². The molecule has 0 aliphatic carbocycles. The summed E-state index contributed by atoms with van der Waals surface area (Å²) in [4.78, 5) is 48.0. The van der Waals surface area contributed by atoms with Gasteiger partial charge in [0.15, 0.2) is 0 Å². The molecular weight excluding hydrogens is 442 g/mol. The van der Waals surface area contributed by atoms with Crippen LogP contribution in [-0.4, -0.2) is 40.6 Å². The molecule has 0 saturated heterocycles. The number of primary amides is 1. The summed E-state index contributed by atoms with van der Waals surface area (Å²) in [6.45, 7) is 3.95. The molecule has 1 aromatic rings. The second-order valence-corrected chi connectivity index (χ2v) is 7.61. The molecule has 0 unspecified atom stereocenters. The molecule has 0 fully saturated rings. The first-order chi connectivity index (χ1) is 13.7. The van der Waals surface area contributed by atoms with E-state index in [9.17, 15) is 19.2 Å². The van der Waals surface area contributed by atoms with Gasteiger partial charge in [-0.25, -0.2) is 0 Å². The number of carbonyl (C=O) groups is 4. The zero-order chi connectivity index (χ0) is 21.8. The van der Waals surface area contributed by atoms with Crippen molar-refractivity contribution in [2.24, 2.45) is 17.6 Å². The molecule has 0 aliphatic heterocycles. The third-order valence-corrected chi connectivity index (χ3v) is 4.50. The van der Waals surface area contributed by atoms with Crippen LogP contribution in [0.1, 0.15) is 38.7 Å². The highest BCUT2D eigenvalue weighted by molar-refractivity contribution is 9.09. The van der Waals surface area contributed by atoms with Crippen LogP contribution >= 0.6 is 15.9 Å². The van der Waals surface area contributed by atoms with Crippen LogP contribution in [0, 0.1) is 11.8 Å². The van der Waals surface area contributed by atoms with Crippen LogP contribution in [0.4, 0.5) is 0 Å². The van der Waals surface area contributed by atoms with Gasteiger partial charge in [0.25, 0.3) is 5.91 Å². The van der Waals surface area contributed by atoms with Crippen LogP contribution in [0.2, 0.25) is 0 Å². The Labute approximate surface area is 179 Å². The molecule has 3 N–H and O–H groups in total. The van der Waals surface area contributed by atoms with E-state index in [1.54, 1.807) is 0 Å². The lowest BCUT2D eigenvalue weighted by Gasteiger charge is -2.25. The van der Waals surface area contributed by atoms with Gasteiger partial charge in [0.2, 0.25) is 11.8 Å². The molecule has 160 valence electrons. The third-order valence-electron chi connectivity index (χ3n) is 4.02. The number of hydrogen-bond donors (Lipinski definition) is 2. The molecule has 0 saturated carbocycles. The fourth-order valence-electron chi connectivity index (χ4n) is 2.61. The minimum atomic E-state index is -0.669. The summed E-state index contributed by atoms with van der Waals surface area (Å²) in [6.07, 6.45) is 0.244. The van der Waals surface area contributed by atoms with Crippen molar-refractivity contribution in [2.75, 3.05) is 11.9 Å². The number of carbonyl (C=O) groups excluding carboxylic acids is 4. The maximum Gasteiger partial charge on any atom is 0.306 e. The van der Waals surface area contributed by atoms with E-state index in [1.807, 2.05) is 44.2 Å². The molecule has 29 heavy (non-hydrogen) atoms. The summed E-state index contributed by atoms with van der Waals surface area (Å²) in [5.41, 5.74) is 8.48. The highest BCUT2D eigenvalue weighted by Crippen LogP contribution is 2.17. The van der Waals surface area contributed by atoms with Crippen molar-refractivity contribution in [3.8, 4) is 0 Å². The van der Waals surface area contributed by atoms with Gasteiger partial charge >= 0.3 is 5.97 Å². The van der Waals surface area contributed by atoms with Crippen LogP contribution in [0.15, 0.2) is 30.3 Å². The van der Waals surface area contributed by atoms with Gasteiger partial charge in [-0.2, -0.15) is 0 Å². The number of halogens is 1. The average molecular weight is 470 g/mol. The van der Waals surface area contributed by atoms with Gasteiger partial charge in [0.05, 0.1) is 24.2 Å². The Kier molecular flexibility index (Phi) is 11.0. The summed E-state index contributed by atoms with van der Waals surface area (Å²) in [5.74, 6) is -2.50. The molecule has 0 spiro atoms. The zero-order valence-corrected chi connectivity index (χ0v) is 18.3. The molecule has 0 aromatic heterocycles. The minimum absolute atomic E-state index is 0.0278. The van der Waals surface area contributed by atoms with E-state index in [-0.39, 0.29) is 37.2 Å². The van der Waals surface area contributed by atoms with E-state index in [4.69, 9.17) is 10.5 Å². The van der Waals surface area contributed by atoms with E-state index in [0.29, 0.717) is 6.42 Å². The number of hydrogen-bond acceptors (Lipinski definition) is 5. The third kappa shape index (κ3) is 10.1. The number of esters is 1. The summed E-state index contributed by atoms with van der Waals surface area (Å²) < 4.78 is 5.27. The van der Waals surface area contributed by atoms with Crippen molar-refractivity contribution in [1.29, 1.82) is 0 Å². The Morgan fingerprint density at radius 2 is 1.83 bits per heavy atom. The van der Waals surface area contributed by atoms with Crippen LogP contribution in [0.5, 0.6) is 0 Å². The van der Waals surface area contributed by atoms with E-state index < -0.39 is 29.6 Å².